The van der Waals surface area contributed by atoms with Gasteiger partial charge in [0, 0.05) is 29.8 Å². The minimum Gasteiger partial charge on any atom is -0.496 e. The van der Waals surface area contributed by atoms with Crippen molar-refractivity contribution in [3.63, 3.8) is 0 Å². The van der Waals surface area contributed by atoms with Gasteiger partial charge in [-0.25, -0.2) is 0 Å². The molecule has 4 rings (SSSR count). The molecule has 2 N–H and O–H groups in total. The molecule has 2 unspecified atom stereocenters. The number of hydrogen-bond donors (Lipinski definition) is 2. The van der Waals surface area contributed by atoms with Crippen molar-refractivity contribution in [3.05, 3.63) is 28.4 Å². The zero-order valence-electron chi connectivity index (χ0n) is 17.3. The van der Waals surface area contributed by atoms with E-state index in [1.165, 1.54) is 26.4 Å². The Labute approximate surface area is 180 Å². The number of allylic oxidation sites excluding steroid dienone is 1. The minimum atomic E-state index is -1.65. The lowest BCUT2D eigenvalue weighted by molar-refractivity contribution is -0.129. The highest BCUT2D eigenvalue weighted by atomic mass is 35.5. The van der Waals surface area contributed by atoms with Crippen LogP contribution in [0.1, 0.15) is 49.4 Å². The van der Waals surface area contributed by atoms with Crippen LogP contribution in [0.15, 0.2) is 17.8 Å². The van der Waals surface area contributed by atoms with Gasteiger partial charge in [0.1, 0.15) is 22.1 Å². The van der Waals surface area contributed by atoms with Gasteiger partial charge in [-0.05, 0) is 32.1 Å². The topological polar surface area (TPSA) is 94.1 Å². The van der Waals surface area contributed by atoms with E-state index in [9.17, 15) is 14.7 Å². The van der Waals surface area contributed by atoms with Gasteiger partial charge in [0.05, 0.1) is 20.3 Å². The number of carbonyl (C=O) groups excluding carboxylic acids is 2. The molecule has 2 atom stereocenters. The van der Waals surface area contributed by atoms with Crippen LogP contribution >= 0.6 is 11.6 Å². The van der Waals surface area contributed by atoms with Gasteiger partial charge in [-0.2, -0.15) is 0 Å². The maximum atomic E-state index is 13.5. The SMILES string of the molecule is COc1cc(OC)c2c(c1Cl)OC1(C(=O)C=C(NC3CCC(O)CC3)CC1C)C2=O. The van der Waals surface area contributed by atoms with E-state index < -0.39 is 23.1 Å². The van der Waals surface area contributed by atoms with E-state index >= 15 is 0 Å². The summed E-state index contributed by atoms with van der Waals surface area (Å²) in [5.41, 5.74) is -0.684. The Kier molecular flexibility index (Phi) is 5.45. The van der Waals surface area contributed by atoms with Crippen molar-refractivity contribution < 1.29 is 28.9 Å². The second kappa shape index (κ2) is 7.78. The largest absolute Gasteiger partial charge is 0.496 e. The van der Waals surface area contributed by atoms with Gasteiger partial charge >= 0.3 is 0 Å². The second-order valence-electron chi connectivity index (χ2n) is 8.25. The fourth-order valence-corrected chi connectivity index (χ4v) is 4.98. The van der Waals surface area contributed by atoms with E-state index in [0.717, 1.165) is 31.4 Å². The third kappa shape index (κ3) is 3.15. The summed E-state index contributed by atoms with van der Waals surface area (Å²) in [6.45, 7) is 1.83. The molecule has 7 nitrogen and oxygen atoms in total. The summed E-state index contributed by atoms with van der Waals surface area (Å²) < 4.78 is 16.7. The molecule has 162 valence electrons. The molecule has 0 radical (unpaired) electrons. The fourth-order valence-electron chi connectivity index (χ4n) is 4.71. The first-order chi connectivity index (χ1) is 14.3. The summed E-state index contributed by atoms with van der Waals surface area (Å²) in [6, 6.07) is 1.74. The lowest BCUT2D eigenvalue weighted by Gasteiger charge is -2.37. The summed E-state index contributed by atoms with van der Waals surface area (Å²) in [7, 11) is 2.90. The molecule has 1 spiro atoms. The maximum absolute atomic E-state index is 13.5. The van der Waals surface area contributed by atoms with Crippen LogP contribution < -0.4 is 19.5 Å². The van der Waals surface area contributed by atoms with Gasteiger partial charge in [-0.3, -0.25) is 9.59 Å². The zero-order valence-corrected chi connectivity index (χ0v) is 18.0. The molecular formula is C22H26ClNO6. The van der Waals surface area contributed by atoms with Gasteiger partial charge in [0.15, 0.2) is 5.75 Å². The molecule has 0 saturated heterocycles. The molecule has 0 bridgehead atoms. The number of ketones is 2. The van der Waals surface area contributed by atoms with Crippen molar-refractivity contribution >= 4 is 23.2 Å². The molecule has 0 amide bonds. The summed E-state index contributed by atoms with van der Waals surface area (Å²) in [5, 5.41) is 13.3. The van der Waals surface area contributed by atoms with Crippen molar-refractivity contribution in [2.45, 2.75) is 56.8 Å². The Balaban J connectivity index is 1.65. The fraction of sp³-hybridized carbons (Fsp3) is 0.545. The van der Waals surface area contributed by atoms with Crippen LogP contribution in [0, 0.1) is 5.92 Å². The first kappa shape index (κ1) is 21.0. The second-order valence-corrected chi connectivity index (χ2v) is 8.63. The molecular weight excluding hydrogens is 410 g/mol. The van der Waals surface area contributed by atoms with Crippen molar-refractivity contribution in [1.29, 1.82) is 0 Å². The molecule has 1 aliphatic heterocycles. The minimum absolute atomic E-state index is 0.129. The molecule has 1 heterocycles. The van der Waals surface area contributed by atoms with E-state index in [2.05, 4.69) is 5.32 Å². The number of aliphatic hydroxyl groups excluding tert-OH is 1. The highest BCUT2D eigenvalue weighted by Gasteiger charge is 2.60. The summed E-state index contributed by atoms with van der Waals surface area (Å²) in [4.78, 5) is 26.7. The molecule has 8 heteroatoms. The van der Waals surface area contributed by atoms with E-state index in [1.54, 1.807) is 0 Å². The van der Waals surface area contributed by atoms with E-state index in [4.69, 9.17) is 25.8 Å². The van der Waals surface area contributed by atoms with Crippen LogP contribution in [-0.4, -0.2) is 48.6 Å². The van der Waals surface area contributed by atoms with Crippen LogP contribution in [0.2, 0.25) is 5.02 Å². The summed E-state index contributed by atoms with van der Waals surface area (Å²) in [5.74, 6) is -0.542. The van der Waals surface area contributed by atoms with Crippen molar-refractivity contribution in [2.75, 3.05) is 14.2 Å². The third-order valence-electron chi connectivity index (χ3n) is 6.40. The molecule has 3 aliphatic rings. The number of Topliss-reactive ketones (excluding diaryl/α,β-unsaturated/α-hetero) is 1. The predicted molar refractivity (Wildman–Crippen MR) is 111 cm³/mol. The number of carbonyl (C=O) groups is 2. The average Bonchev–Trinajstić information content (AvgIpc) is 3.04. The number of methoxy groups -OCH3 is 2. The van der Waals surface area contributed by atoms with Crippen LogP contribution in [0.4, 0.5) is 0 Å². The molecule has 1 aromatic carbocycles. The van der Waals surface area contributed by atoms with E-state index in [1.807, 2.05) is 6.92 Å². The quantitative estimate of drug-likeness (QED) is 0.702. The molecule has 0 aromatic heterocycles. The number of aliphatic hydroxyl groups is 1. The average molecular weight is 436 g/mol. The number of halogens is 1. The maximum Gasteiger partial charge on any atom is 0.236 e. The van der Waals surface area contributed by atoms with Gasteiger partial charge in [-0.15, -0.1) is 0 Å². The number of hydrogen-bond acceptors (Lipinski definition) is 7. The molecule has 30 heavy (non-hydrogen) atoms. The van der Waals surface area contributed by atoms with Crippen molar-refractivity contribution in [2.24, 2.45) is 5.92 Å². The number of ether oxygens (including phenoxy) is 3. The van der Waals surface area contributed by atoms with Crippen LogP contribution in [-0.2, 0) is 4.79 Å². The Morgan fingerprint density at radius 1 is 1.17 bits per heavy atom. The van der Waals surface area contributed by atoms with Crippen LogP contribution in [0.5, 0.6) is 17.2 Å². The Morgan fingerprint density at radius 2 is 1.83 bits per heavy atom. The number of rotatable bonds is 4. The van der Waals surface area contributed by atoms with Gasteiger partial charge in [0.2, 0.25) is 17.2 Å². The summed E-state index contributed by atoms with van der Waals surface area (Å²) in [6.07, 6.45) is 4.91. The standard InChI is InChI=1S/C22H26ClNO6/c1-11-8-13(24-12-4-6-14(25)7-5-12)9-17(26)22(11)21(27)18-15(28-2)10-16(29-3)19(23)20(18)30-22/h9-12,14,24-25H,4-8H2,1-3H3. The first-order valence-corrected chi connectivity index (χ1v) is 10.6. The van der Waals surface area contributed by atoms with Crippen molar-refractivity contribution in [3.8, 4) is 17.2 Å². The molecule has 1 aromatic rings. The van der Waals surface area contributed by atoms with E-state index in [-0.39, 0.29) is 34.2 Å². The van der Waals surface area contributed by atoms with E-state index in [0.29, 0.717) is 12.2 Å². The van der Waals surface area contributed by atoms with Crippen molar-refractivity contribution in [1.82, 2.24) is 5.32 Å². The Bertz CT molecular complexity index is 921. The predicted octanol–water partition coefficient (Wildman–Crippen LogP) is 3.06. The highest BCUT2D eigenvalue weighted by molar-refractivity contribution is 6.36. The van der Waals surface area contributed by atoms with Gasteiger partial charge in [0.25, 0.3) is 0 Å². The lowest BCUT2D eigenvalue weighted by atomic mass is 9.74. The first-order valence-electron chi connectivity index (χ1n) is 10.2. The Hall–Kier alpha value is -2.25. The normalized spacial score (nSPS) is 30.6. The number of fused-ring (bicyclic) bond motifs is 1. The van der Waals surface area contributed by atoms with Gasteiger partial charge < -0.3 is 24.6 Å². The van der Waals surface area contributed by atoms with Gasteiger partial charge in [-0.1, -0.05) is 18.5 Å². The van der Waals surface area contributed by atoms with Crippen LogP contribution in [0.3, 0.4) is 0 Å². The third-order valence-corrected chi connectivity index (χ3v) is 6.75. The summed E-state index contributed by atoms with van der Waals surface area (Å²) >= 11 is 6.40. The zero-order chi connectivity index (χ0) is 21.6. The molecule has 2 aliphatic carbocycles. The number of benzene rings is 1. The highest BCUT2D eigenvalue weighted by Crippen LogP contribution is 2.52. The smallest absolute Gasteiger partial charge is 0.236 e. The Morgan fingerprint density at radius 3 is 2.43 bits per heavy atom. The molecule has 1 saturated carbocycles. The lowest BCUT2D eigenvalue weighted by Crippen LogP contribution is -2.55. The monoisotopic (exact) mass is 435 g/mol. The van der Waals surface area contributed by atoms with Crippen LogP contribution in [0.25, 0.3) is 0 Å². The molecule has 1 fully saturated rings. The number of nitrogens with one attached hydrogen (secondary N) is 1.